The van der Waals surface area contributed by atoms with E-state index in [1.165, 1.54) is 31.3 Å². The number of hydrogen-bond acceptors (Lipinski definition) is 3. The molecule has 0 spiro atoms. The third-order valence-corrected chi connectivity index (χ3v) is 6.99. The molecule has 3 heterocycles. The van der Waals surface area contributed by atoms with Crippen molar-refractivity contribution in [1.82, 2.24) is 19.9 Å². The molecule has 0 aliphatic rings. The van der Waals surface area contributed by atoms with Gasteiger partial charge in [-0.3, -0.25) is 0 Å². The van der Waals surface area contributed by atoms with Crippen LogP contribution in [0.5, 0.6) is 0 Å². The number of aromatic amines is 2. The van der Waals surface area contributed by atoms with Crippen LogP contribution in [0.1, 0.15) is 31.4 Å². The number of imidazole rings is 2. The number of thiophene rings is 1. The van der Waals surface area contributed by atoms with Crippen molar-refractivity contribution < 1.29 is 0 Å². The van der Waals surface area contributed by atoms with E-state index in [1.807, 2.05) is 24.5 Å². The number of nitrogens with one attached hydrogen (secondary N) is 2. The van der Waals surface area contributed by atoms with Gasteiger partial charge < -0.3 is 9.97 Å². The van der Waals surface area contributed by atoms with Crippen LogP contribution in [-0.2, 0) is 0 Å². The highest BCUT2D eigenvalue weighted by Gasteiger charge is 2.12. The van der Waals surface area contributed by atoms with Gasteiger partial charge in [-0.2, -0.15) is 0 Å². The molecule has 4 nitrogen and oxygen atoms in total. The lowest BCUT2D eigenvalue weighted by Crippen LogP contribution is -1.88. The lowest BCUT2D eigenvalue weighted by molar-refractivity contribution is 0.799. The second kappa shape index (κ2) is 6.79. The molecule has 0 unspecified atom stereocenters. The lowest BCUT2D eigenvalue weighted by atomic mass is 10.0. The van der Waals surface area contributed by atoms with Crippen LogP contribution >= 0.6 is 11.3 Å². The molecule has 2 N–H and O–H groups in total. The number of rotatable bonds is 3. The van der Waals surface area contributed by atoms with E-state index in [4.69, 9.17) is 4.98 Å². The van der Waals surface area contributed by atoms with Gasteiger partial charge in [-0.05, 0) is 41.8 Å². The van der Waals surface area contributed by atoms with E-state index in [2.05, 4.69) is 83.4 Å². The van der Waals surface area contributed by atoms with E-state index >= 15 is 0 Å². The Morgan fingerprint density at radius 3 is 2.29 bits per heavy atom. The van der Waals surface area contributed by atoms with Crippen molar-refractivity contribution in [3.05, 3.63) is 72.4 Å². The van der Waals surface area contributed by atoms with Crippen molar-refractivity contribution in [3.63, 3.8) is 0 Å². The average Bonchev–Trinajstić information content (AvgIpc) is 3.47. The summed E-state index contributed by atoms with van der Waals surface area (Å²) in [5.41, 5.74) is 6.81. The van der Waals surface area contributed by atoms with Crippen LogP contribution in [-0.4, -0.2) is 19.9 Å². The van der Waals surface area contributed by atoms with Crippen molar-refractivity contribution in [1.29, 1.82) is 0 Å². The number of benzene rings is 3. The summed E-state index contributed by atoms with van der Waals surface area (Å²) in [7, 11) is 0. The monoisotopic (exact) mass is 422 g/mol. The predicted octanol–water partition coefficient (Wildman–Crippen LogP) is 7.42. The molecule has 6 aromatic rings. The zero-order valence-electron chi connectivity index (χ0n) is 17.7. The summed E-state index contributed by atoms with van der Waals surface area (Å²) in [6, 6.07) is 19.9. The number of H-pyrrole nitrogens is 2. The molecule has 0 amide bonds. The summed E-state index contributed by atoms with van der Waals surface area (Å²) < 4.78 is 2.59. The Labute approximate surface area is 184 Å². The maximum atomic E-state index is 4.78. The van der Waals surface area contributed by atoms with Crippen molar-refractivity contribution >= 4 is 42.5 Å². The molecule has 5 heteroatoms. The summed E-state index contributed by atoms with van der Waals surface area (Å²) in [5.74, 6) is 2.38. The quantitative estimate of drug-likeness (QED) is 0.312. The smallest absolute Gasteiger partial charge is 0.109 e. The Morgan fingerprint density at radius 1 is 0.806 bits per heavy atom. The second-order valence-electron chi connectivity index (χ2n) is 8.41. The molecule has 0 aliphatic carbocycles. The molecule has 0 aliphatic heterocycles. The lowest BCUT2D eigenvalue weighted by Gasteiger charge is -2.04. The number of aryl methyl sites for hydroxylation is 1. The molecule has 0 saturated heterocycles. The standard InChI is InChI=1S/C26H22N4S/c1-14(2)26-29-21-11-20-19-9-8-18(10-24(19)31-25(20)12-22(21)30-26)16-4-6-17(7-5-16)23-13-27-15(3)28-23/h4-14H,1-3H3,(H,27,28)(H,29,30). The SMILES string of the molecule is Cc1ncc(-c2ccc(-c3ccc4c(c3)sc3cc5nc(C(C)C)[nH]c5cc34)cc2)[nH]1. The van der Waals surface area contributed by atoms with E-state index < -0.39 is 0 Å². The van der Waals surface area contributed by atoms with Gasteiger partial charge in [0, 0.05) is 26.1 Å². The molecular weight excluding hydrogens is 400 g/mol. The van der Waals surface area contributed by atoms with Crippen molar-refractivity contribution in [3.8, 4) is 22.4 Å². The van der Waals surface area contributed by atoms with E-state index in [-0.39, 0.29) is 0 Å². The minimum atomic E-state index is 0.397. The maximum Gasteiger partial charge on any atom is 0.109 e. The first kappa shape index (κ1) is 18.3. The first-order valence-corrected chi connectivity index (χ1v) is 11.3. The number of aromatic nitrogens is 4. The Hall–Kier alpha value is -3.44. The molecule has 0 bridgehead atoms. The molecule has 0 fully saturated rings. The highest BCUT2D eigenvalue weighted by atomic mass is 32.1. The molecule has 152 valence electrons. The Bertz CT molecular complexity index is 1560. The Kier molecular flexibility index (Phi) is 4.02. The van der Waals surface area contributed by atoms with Crippen LogP contribution in [0.3, 0.4) is 0 Å². The highest BCUT2D eigenvalue weighted by Crippen LogP contribution is 2.38. The van der Waals surface area contributed by atoms with E-state index in [1.54, 1.807) is 0 Å². The summed E-state index contributed by atoms with van der Waals surface area (Å²) in [6.07, 6.45) is 1.88. The average molecular weight is 423 g/mol. The van der Waals surface area contributed by atoms with Gasteiger partial charge in [-0.25, -0.2) is 9.97 Å². The van der Waals surface area contributed by atoms with Gasteiger partial charge >= 0.3 is 0 Å². The molecule has 3 aromatic carbocycles. The van der Waals surface area contributed by atoms with E-state index in [0.29, 0.717) is 5.92 Å². The largest absolute Gasteiger partial charge is 0.342 e. The van der Waals surface area contributed by atoms with Crippen LogP contribution in [0.4, 0.5) is 0 Å². The van der Waals surface area contributed by atoms with Crippen LogP contribution in [0.25, 0.3) is 53.6 Å². The van der Waals surface area contributed by atoms with Gasteiger partial charge in [-0.15, -0.1) is 11.3 Å². The van der Waals surface area contributed by atoms with Crippen LogP contribution < -0.4 is 0 Å². The Balaban J connectivity index is 1.41. The zero-order valence-corrected chi connectivity index (χ0v) is 18.5. The highest BCUT2D eigenvalue weighted by molar-refractivity contribution is 7.25. The van der Waals surface area contributed by atoms with Crippen molar-refractivity contribution in [2.75, 3.05) is 0 Å². The van der Waals surface area contributed by atoms with Gasteiger partial charge in [0.25, 0.3) is 0 Å². The predicted molar refractivity (Wildman–Crippen MR) is 131 cm³/mol. The van der Waals surface area contributed by atoms with Crippen LogP contribution in [0.2, 0.25) is 0 Å². The minimum absolute atomic E-state index is 0.397. The van der Waals surface area contributed by atoms with Gasteiger partial charge in [0.2, 0.25) is 0 Å². The molecule has 3 aromatic heterocycles. The summed E-state index contributed by atoms with van der Waals surface area (Å²) in [6.45, 7) is 6.30. The first-order valence-electron chi connectivity index (χ1n) is 10.5. The third kappa shape index (κ3) is 3.04. The Morgan fingerprint density at radius 2 is 1.55 bits per heavy atom. The number of nitrogens with zero attached hydrogens (tertiary/aromatic N) is 2. The maximum absolute atomic E-state index is 4.78. The summed E-state index contributed by atoms with van der Waals surface area (Å²) in [5, 5.41) is 2.60. The van der Waals surface area contributed by atoms with Crippen LogP contribution in [0.15, 0.2) is 60.8 Å². The molecule has 0 saturated carbocycles. The number of fused-ring (bicyclic) bond motifs is 4. The van der Waals surface area contributed by atoms with Gasteiger partial charge in [0.05, 0.1) is 22.9 Å². The molecule has 0 atom stereocenters. The summed E-state index contributed by atoms with van der Waals surface area (Å²) >= 11 is 1.84. The fraction of sp³-hybridized carbons (Fsp3) is 0.154. The van der Waals surface area contributed by atoms with E-state index in [9.17, 15) is 0 Å². The zero-order chi connectivity index (χ0) is 21.1. The third-order valence-electron chi connectivity index (χ3n) is 5.87. The van der Waals surface area contributed by atoms with Crippen LogP contribution in [0, 0.1) is 6.92 Å². The molecule has 0 radical (unpaired) electrons. The van der Waals surface area contributed by atoms with Crippen molar-refractivity contribution in [2.24, 2.45) is 0 Å². The summed E-state index contributed by atoms with van der Waals surface area (Å²) in [4.78, 5) is 15.9. The minimum Gasteiger partial charge on any atom is -0.342 e. The first-order chi connectivity index (χ1) is 15.0. The fourth-order valence-electron chi connectivity index (χ4n) is 4.16. The van der Waals surface area contributed by atoms with Gasteiger partial charge in [-0.1, -0.05) is 50.2 Å². The topological polar surface area (TPSA) is 57.4 Å². The van der Waals surface area contributed by atoms with Gasteiger partial charge in [0.1, 0.15) is 11.6 Å². The normalized spacial score (nSPS) is 12.0. The molecule has 6 rings (SSSR count). The number of hydrogen-bond donors (Lipinski definition) is 2. The van der Waals surface area contributed by atoms with Crippen molar-refractivity contribution in [2.45, 2.75) is 26.7 Å². The van der Waals surface area contributed by atoms with Gasteiger partial charge in [0.15, 0.2) is 0 Å². The molecular formula is C26H22N4S. The van der Waals surface area contributed by atoms with E-state index in [0.717, 1.165) is 33.9 Å². The second-order valence-corrected chi connectivity index (χ2v) is 9.50. The fourth-order valence-corrected chi connectivity index (χ4v) is 5.32. The molecule has 31 heavy (non-hydrogen) atoms.